The molecule has 0 spiro atoms. The van der Waals surface area contributed by atoms with E-state index in [-0.39, 0.29) is 17.1 Å². The minimum atomic E-state index is -6.07. The van der Waals surface area contributed by atoms with Gasteiger partial charge in [0.25, 0.3) is 0 Å². The Kier molecular flexibility index (Phi) is 5.16. The summed E-state index contributed by atoms with van der Waals surface area (Å²) in [5, 5.41) is 0. The maximum atomic E-state index is 9.38. The standard InChI is InChI=1S/2Cr.7O.H4Se/h;;;;;;;;;1H4/q;;;;;;;2*-1;+2. The molecule has 0 aromatic heterocycles. The van der Waals surface area contributed by atoms with Crippen molar-refractivity contribution in [2.45, 2.75) is 0 Å². The Bertz CT molecular complexity index is 237. The molecular formula is H4Cr2O7Se. The first-order valence-corrected chi connectivity index (χ1v) is 5.50. The average Bonchev–Trinajstić information content (AvgIpc) is 1.14. The SMILES string of the molecule is [O]=[Cr](=[O])([O-])[O][Cr](=[O])(=[O])[O-].[SeH4+2]. The van der Waals surface area contributed by atoms with E-state index in [0.29, 0.717) is 0 Å². The van der Waals surface area contributed by atoms with Gasteiger partial charge in [-0.15, -0.1) is 0 Å². The quantitative estimate of drug-likeness (QED) is 0.472. The summed E-state index contributed by atoms with van der Waals surface area (Å²) in [6.07, 6.45) is 0. The molecule has 0 aromatic carbocycles. The maximum absolute atomic E-state index is 9.38. The van der Waals surface area contributed by atoms with E-state index in [1.165, 1.54) is 0 Å². The van der Waals surface area contributed by atoms with Crippen LogP contribution in [0.4, 0.5) is 0 Å². The Labute approximate surface area is 70.6 Å². The van der Waals surface area contributed by atoms with Crippen molar-refractivity contribution in [2.75, 3.05) is 0 Å². The number of rotatable bonds is 2. The van der Waals surface area contributed by atoms with Crippen LogP contribution in [0.1, 0.15) is 0 Å². The topological polar surface area (TPSA) is 124 Å². The molecule has 0 aliphatic rings. The monoisotopic (exact) mass is 300 g/mol. The molecule has 0 fully saturated rings. The van der Waals surface area contributed by atoms with Gasteiger partial charge < -0.3 is 0 Å². The van der Waals surface area contributed by atoms with Gasteiger partial charge in [0.1, 0.15) is 0 Å². The molecule has 64 valence electrons. The summed E-state index contributed by atoms with van der Waals surface area (Å²) in [7, 11) is 0. The van der Waals surface area contributed by atoms with Crippen LogP contribution in [0.2, 0.25) is 0 Å². The summed E-state index contributed by atoms with van der Waals surface area (Å²) in [6, 6.07) is 0. The van der Waals surface area contributed by atoms with Crippen LogP contribution < -0.4 is 8.32 Å². The Hall–Kier alpha value is 0.664. The molecule has 10 heavy (non-hydrogen) atoms. The number of hydrogen-bond acceptors (Lipinski definition) is 7. The molecule has 0 saturated heterocycles. The Morgan fingerprint density at radius 2 is 1.10 bits per heavy atom. The second kappa shape index (κ2) is 3.89. The Morgan fingerprint density at radius 3 is 1.10 bits per heavy atom. The fourth-order valence-corrected chi connectivity index (χ4v) is 1.74. The van der Waals surface area contributed by atoms with Crippen LogP contribution in [0.3, 0.4) is 0 Å². The van der Waals surface area contributed by atoms with Crippen LogP contribution in [0.25, 0.3) is 0 Å². The molecule has 0 rings (SSSR count). The van der Waals surface area contributed by atoms with E-state index in [0.717, 1.165) is 0 Å². The van der Waals surface area contributed by atoms with Gasteiger partial charge in [0.15, 0.2) is 0 Å². The van der Waals surface area contributed by atoms with Crippen LogP contribution in [0.15, 0.2) is 0 Å². The van der Waals surface area contributed by atoms with E-state index in [4.69, 9.17) is 0 Å². The van der Waals surface area contributed by atoms with Gasteiger partial charge in [-0.1, -0.05) is 0 Å². The van der Waals surface area contributed by atoms with Gasteiger partial charge in [0, 0.05) is 0 Å². The van der Waals surface area contributed by atoms with E-state index < -0.39 is 27.2 Å². The molecule has 0 aliphatic heterocycles. The molecule has 0 unspecified atom stereocenters. The zero-order valence-corrected chi connectivity index (χ0v) is 9.90. The third kappa shape index (κ3) is 11.5. The predicted octanol–water partition coefficient (Wildman–Crippen LogP) is -4.38. The van der Waals surface area contributed by atoms with Crippen LogP contribution >= 0.6 is 0 Å². The second-order valence-electron chi connectivity index (χ2n) is 0.885. The predicted molar refractivity (Wildman–Crippen MR) is 15.2 cm³/mol. The van der Waals surface area contributed by atoms with Crippen molar-refractivity contribution in [1.29, 1.82) is 0 Å². The van der Waals surface area contributed by atoms with E-state index in [1.807, 2.05) is 0 Å². The first kappa shape index (κ1) is 13.3. The minimum absolute atomic E-state index is 0. The second-order valence-corrected chi connectivity index (χ2v) is 4.52. The fraction of sp³-hybridized carbons (Fsp3) is 0. The van der Waals surface area contributed by atoms with Crippen molar-refractivity contribution < 1.29 is 53.6 Å². The van der Waals surface area contributed by atoms with Crippen molar-refractivity contribution in [3.05, 3.63) is 0 Å². The van der Waals surface area contributed by atoms with Crippen LogP contribution in [-0.2, 0) is 45.3 Å². The summed E-state index contributed by atoms with van der Waals surface area (Å²) in [6.45, 7) is 0. The van der Waals surface area contributed by atoms with Gasteiger partial charge in [-0.25, -0.2) is 0 Å². The van der Waals surface area contributed by atoms with E-state index in [9.17, 15) is 23.5 Å². The van der Waals surface area contributed by atoms with Crippen LogP contribution in [-0.4, -0.2) is 17.1 Å². The van der Waals surface area contributed by atoms with Gasteiger partial charge in [-0.2, -0.15) is 0 Å². The third-order valence-electron chi connectivity index (χ3n) is 0.167. The molecule has 0 amide bonds. The molecule has 0 radical (unpaired) electrons. The summed E-state index contributed by atoms with van der Waals surface area (Å²) < 4.78 is 58.9. The van der Waals surface area contributed by atoms with Crippen molar-refractivity contribution in [1.82, 2.24) is 0 Å². The van der Waals surface area contributed by atoms with E-state index in [2.05, 4.69) is 2.84 Å². The normalized spacial score (nSPS) is 12.2. The summed E-state index contributed by atoms with van der Waals surface area (Å²) in [5.74, 6) is 0. The van der Waals surface area contributed by atoms with E-state index >= 15 is 0 Å². The molecule has 0 bridgehead atoms. The van der Waals surface area contributed by atoms with Gasteiger partial charge >= 0.3 is 70.7 Å². The molecular weight excluding hydrogens is 295 g/mol. The van der Waals surface area contributed by atoms with Gasteiger partial charge in [-0.05, 0) is 0 Å². The van der Waals surface area contributed by atoms with Gasteiger partial charge in [-0.3, -0.25) is 0 Å². The Morgan fingerprint density at radius 1 is 0.900 bits per heavy atom. The fourth-order valence-electron chi connectivity index (χ4n) is 0.102. The summed E-state index contributed by atoms with van der Waals surface area (Å²) >= 11 is -12.1. The zero-order chi connectivity index (χ0) is 7.71. The molecule has 0 aromatic rings. The molecule has 7 nitrogen and oxygen atoms in total. The first-order chi connectivity index (χ1) is 3.71. The van der Waals surface area contributed by atoms with Gasteiger partial charge in [0.05, 0.1) is 0 Å². The van der Waals surface area contributed by atoms with Crippen molar-refractivity contribution >= 4 is 17.1 Å². The summed E-state index contributed by atoms with van der Waals surface area (Å²) in [4.78, 5) is 0. The molecule has 0 N–H and O–H groups in total. The van der Waals surface area contributed by atoms with Gasteiger partial charge in [0.2, 0.25) is 0 Å². The van der Waals surface area contributed by atoms with Crippen molar-refractivity contribution in [3.8, 4) is 0 Å². The van der Waals surface area contributed by atoms with Crippen molar-refractivity contribution in [3.63, 3.8) is 0 Å². The number of hydrogen-bond donors (Lipinski definition) is 0. The molecule has 0 saturated carbocycles. The Balaban J connectivity index is 0. The molecule has 10 heteroatoms. The summed E-state index contributed by atoms with van der Waals surface area (Å²) in [5.41, 5.74) is 0. The zero-order valence-electron chi connectivity index (χ0n) is 4.38. The van der Waals surface area contributed by atoms with E-state index in [1.54, 1.807) is 0 Å². The molecule has 0 aliphatic carbocycles. The first-order valence-electron chi connectivity index (χ1n) is 1.33. The van der Waals surface area contributed by atoms with Crippen molar-refractivity contribution in [2.24, 2.45) is 0 Å². The van der Waals surface area contributed by atoms with Crippen LogP contribution in [0, 0.1) is 0 Å². The van der Waals surface area contributed by atoms with Crippen LogP contribution in [0.5, 0.6) is 0 Å². The average molecular weight is 299 g/mol. The third-order valence-corrected chi connectivity index (χ3v) is 2.83. The molecule has 0 heterocycles. The molecule has 0 atom stereocenters.